The van der Waals surface area contributed by atoms with Crippen LogP contribution in [0.3, 0.4) is 0 Å². The second-order valence-electron chi connectivity index (χ2n) is 6.22. The Morgan fingerprint density at radius 1 is 1.17 bits per heavy atom. The van der Waals surface area contributed by atoms with Crippen LogP contribution in [0.15, 0.2) is 24.3 Å². The monoisotopic (exact) mass is 368 g/mol. The van der Waals surface area contributed by atoms with Crippen LogP contribution in [0, 0.1) is 11.3 Å². The largest absolute Gasteiger partial charge is 0.522 e. The standard InChI is InChI=1S/C16H17ClF4O3/c1-14(9-17)12(15(14,2)18)13(22)23-7-10-3-5-11(6-4-10)8-24-16(19,20)21/h3-6,12H,7-9H2,1-2H3. The molecule has 3 unspecified atom stereocenters. The third-order valence-corrected chi connectivity index (χ3v) is 5.09. The first-order valence-electron chi connectivity index (χ1n) is 7.21. The highest BCUT2D eigenvalue weighted by atomic mass is 35.5. The molecule has 0 spiro atoms. The van der Waals surface area contributed by atoms with Crippen LogP contribution in [0.5, 0.6) is 0 Å². The Labute approximate surface area is 141 Å². The average molecular weight is 369 g/mol. The molecule has 1 saturated carbocycles. The molecule has 1 aliphatic rings. The van der Waals surface area contributed by atoms with Crippen LogP contribution in [0.25, 0.3) is 0 Å². The molecule has 0 aliphatic heterocycles. The Bertz CT molecular complexity index is 600. The van der Waals surface area contributed by atoms with Crippen LogP contribution in [0.2, 0.25) is 0 Å². The topological polar surface area (TPSA) is 35.5 Å². The van der Waals surface area contributed by atoms with E-state index in [0.29, 0.717) is 11.1 Å². The Morgan fingerprint density at radius 3 is 2.08 bits per heavy atom. The van der Waals surface area contributed by atoms with Crippen LogP contribution in [-0.4, -0.2) is 23.9 Å². The molecule has 0 heterocycles. The van der Waals surface area contributed by atoms with E-state index in [2.05, 4.69) is 4.74 Å². The summed E-state index contributed by atoms with van der Waals surface area (Å²) in [5.41, 5.74) is -1.74. The van der Waals surface area contributed by atoms with Gasteiger partial charge in [-0.15, -0.1) is 24.8 Å². The lowest BCUT2D eigenvalue weighted by atomic mass is 10.1. The van der Waals surface area contributed by atoms with Crippen molar-refractivity contribution in [3.05, 3.63) is 35.4 Å². The first-order chi connectivity index (χ1) is 11.0. The van der Waals surface area contributed by atoms with E-state index in [1.807, 2.05) is 0 Å². The summed E-state index contributed by atoms with van der Waals surface area (Å²) < 4.78 is 58.9. The minimum absolute atomic E-state index is 0.00761. The van der Waals surface area contributed by atoms with E-state index in [9.17, 15) is 22.4 Å². The number of alkyl halides is 5. The highest BCUT2D eigenvalue weighted by Crippen LogP contribution is 2.65. The maximum atomic E-state index is 14.2. The van der Waals surface area contributed by atoms with Gasteiger partial charge in [-0.3, -0.25) is 9.53 Å². The zero-order valence-electron chi connectivity index (χ0n) is 13.1. The van der Waals surface area contributed by atoms with E-state index in [1.54, 1.807) is 6.92 Å². The number of halogens is 5. The van der Waals surface area contributed by atoms with Gasteiger partial charge in [0, 0.05) is 11.3 Å². The SMILES string of the molecule is CC1(F)C(C(=O)OCc2ccc(COC(F)(F)F)cc2)C1(C)CCl. The summed E-state index contributed by atoms with van der Waals surface area (Å²) in [6, 6.07) is 5.91. The summed E-state index contributed by atoms with van der Waals surface area (Å²) in [5.74, 6) is -1.58. The summed E-state index contributed by atoms with van der Waals surface area (Å²) >= 11 is 5.72. The van der Waals surface area contributed by atoms with Crippen LogP contribution < -0.4 is 0 Å². The molecule has 0 bridgehead atoms. The van der Waals surface area contributed by atoms with Gasteiger partial charge in [0.25, 0.3) is 0 Å². The molecule has 1 aromatic carbocycles. The number of hydrogen-bond acceptors (Lipinski definition) is 3. The third-order valence-electron chi connectivity index (χ3n) is 4.53. The number of ether oxygens (including phenoxy) is 2. The summed E-state index contributed by atoms with van der Waals surface area (Å²) in [6.07, 6.45) is -4.69. The van der Waals surface area contributed by atoms with Gasteiger partial charge in [0.1, 0.15) is 18.2 Å². The van der Waals surface area contributed by atoms with Gasteiger partial charge in [-0.2, -0.15) is 0 Å². The van der Waals surface area contributed by atoms with Crippen LogP contribution in [-0.2, 0) is 27.5 Å². The quantitative estimate of drug-likeness (QED) is 0.425. The molecule has 1 aromatic rings. The summed E-state index contributed by atoms with van der Waals surface area (Å²) in [5, 5.41) is 0. The van der Waals surface area contributed by atoms with Crippen molar-refractivity contribution in [2.75, 3.05) is 5.88 Å². The molecule has 2 rings (SSSR count). The Balaban J connectivity index is 1.86. The molecule has 8 heteroatoms. The molecule has 0 radical (unpaired) electrons. The van der Waals surface area contributed by atoms with Gasteiger partial charge < -0.3 is 4.74 Å². The van der Waals surface area contributed by atoms with E-state index in [-0.39, 0.29) is 12.5 Å². The number of carbonyl (C=O) groups excluding carboxylic acids is 1. The maximum absolute atomic E-state index is 14.2. The fourth-order valence-corrected chi connectivity index (χ4v) is 3.07. The molecular weight excluding hydrogens is 352 g/mol. The van der Waals surface area contributed by atoms with E-state index in [1.165, 1.54) is 31.2 Å². The molecular formula is C16H17ClF4O3. The fourth-order valence-electron chi connectivity index (χ4n) is 2.65. The van der Waals surface area contributed by atoms with Gasteiger partial charge in [0.2, 0.25) is 0 Å². The summed E-state index contributed by atoms with van der Waals surface area (Å²) in [6.45, 7) is 2.21. The first-order valence-corrected chi connectivity index (χ1v) is 7.75. The normalized spacial score (nSPS) is 29.4. The van der Waals surface area contributed by atoms with Crippen molar-refractivity contribution < 1.29 is 31.8 Å². The molecule has 0 amide bonds. The third kappa shape index (κ3) is 3.83. The van der Waals surface area contributed by atoms with Gasteiger partial charge in [-0.25, -0.2) is 4.39 Å². The Morgan fingerprint density at radius 2 is 1.67 bits per heavy atom. The molecule has 3 nitrogen and oxygen atoms in total. The highest BCUT2D eigenvalue weighted by molar-refractivity contribution is 6.19. The minimum atomic E-state index is -4.69. The molecule has 1 fully saturated rings. The van der Waals surface area contributed by atoms with Crippen LogP contribution in [0.4, 0.5) is 17.6 Å². The fraction of sp³-hybridized carbons (Fsp3) is 0.562. The van der Waals surface area contributed by atoms with Crippen molar-refractivity contribution in [1.29, 1.82) is 0 Å². The van der Waals surface area contributed by atoms with E-state index >= 15 is 0 Å². The summed E-state index contributed by atoms with van der Waals surface area (Å²) in [4.78, 5) is 12.0. The number of carbonyl (C=O) groups is 1. The number of hydrogen-bond donors (Lipinski definition) is 0. The second-order valence-corrected chi connectivity index (χ2v) is 6.49. The predicted octanol–water partition coefficient (Wildman–Crippen LogP) is 4.37. The second kappa shape index (κ2) is 6.52. The van der Waals surface area contributed by atoms with E-state index < -0.39 is 35.9 Å². The van der Waals surface area contributed by atoms with Gasteiger partial charge in [0.05, 0.1) is 6.61 Å². The number of benzene rings is 1. The maximum Gasteiger partial charge on any atom is 0.522 e. The molecule has 0 saturated heterocycles. The minimum Gasteiger partial charge on any atom is -0.460 e. The number of esters is 1. The zero-order chi connectivity index (χ0) is 18.2. The molecule has 134 valence electrons. The van der Waals surface area contributed by atoms with E-state index in [0.717, 1.165) is 0 Å². The highest BCUT2D eigenvalue weighted by Gasteiger charge is 2.76. The van der Waals surface area contributed by atoms with Crippen molar-refractivity contribution in [2.45, 2.75) is 39.1 Å². The number of rotatable bonds is 6. The predicted molar refractivity (Wildman–Crippen MR) is 78.9 cm³/mol. The van der Waals surface area contributed by atoms with Gasteiger partial charge in [-0.1, -0.05) is 31.2 Å². The lowest BCUT2D eigenvalue weighted by Crippen LogP contribution is -2.13. The van der Waals surface area contributed by atoms with Gasteiger partial charge in [0.15, 0.2) is 0 Å². The molecule has 0 aromatic heterocycles. The Kier molecular flexibility index (Phi) is 5.16. The lowest BCUT2D eigenvalue weighted by molar-refractivity contribution is -0.330. The first kappa shape index (κ1) is 19.0. The van der Waals surface area contributed by atoms with Gasteiger partial charge in [-0.05, 0) is 18.1 Å². The van der Waals surface area contributed by atoms with Crippen LogP contribution >= 0.6 is 11.6 Å². The Hall–Kier alpha value is -1.34. The zero-order valence-corrected chi connectivity index (χ0v) is 13.9. The van der Waals surface area contributed by atoms with Crippen molar-refractivity contribution in [3.63, 3.8) is 0 Å². The van der Waals surface area contributed by atoms with Crippen molar-refractivity contribution in [1.82, 2.24) is 0 Å². The van der Waals surface area contributed by atoms with Crippen molar-refractivity contribution in [3.8, 4) is 0 Å². The molecule has 3 atom stereocenters. The lowest BCUT2D eigenvalue weighted by Gasteiger charge is -2.09. The molecule has 24 heavy (non-hydrogen) atoms. The average Bonchev–Trinajstić information content (AvgIpc) is 2.96. The van der Waals surface area contributed by atoms with Gasteiger partial charge >= 0.3 is 12.3 Å². The van der Waals surface area contributed by atoms with Crippen molar-refractivity contribution >= 4 is 17.6 Å². The summed E-state index contributed by atoms with van der Waals surface area (Å²) in [7, 11) is 0. The van der Waals surface area contributed by atoms with E-state index in [4.69, 9.17) is 16.3 Å². The van der Waals surface area contributed by atoms with Crippen LogP contribution in [0.1, 0.15) is 25.0 Å². The molecule has 1 aliphatic carbocycles. The molecule has 0 N–H and O–H groups in total. The smallest absolute Gasteiger partial charge is 0.460 e. The van der Waals surface area contributed by atoms with Crippen molar-refractivity contribution in [2.24, 2.45) is 11.3 Å².